The Balaban J connectivity index is 1.88. The number of ether oxygens (including phenoxy) is 2. The lowest BCUT2D eigenvalue weighted by atomic mass is 9.91. The summed E-state index contributed by atoms with van der Waals surface area (Å²) in [7, 11) is 0. The molecule has 5 heteroatoms. The van der Waals surface area contributed by atoms with Crippen LogP contribution < -0.4 is 14.8 Å². The van der Waals surface area contributed by atoms with Crippen molar-refractivity contribution in [2.75, 3.05) is 12.1 Å². The summed E-state index contributed by atoms with van der Waals surface area (Å²) in [6, 6.07) is 10.6. The van der Waals surface area contributed by atoms with Gasteiger partial charge in [-0.25, -0.2) is 0 Å². The zero-order valence-corrected chi connectivity index (χ0v) is 10.4. The van der Waals surface area contributed by atoms with Gasteiger partial charge >= 0.3 is 0 Å². The van der Waals surface area contributed by atoms with Crippen molar-refractivity contribution in [3.05, 3.63) is 47.5 Å². The van der Waals surface area contributed by atoms with E-state index in [4.69, 9.17) is 9.47 Å². The molecule has 0 saturated carbocycles. The number of phenolic OH excluding ortho intramolecular Hbond substituents is 1. The van der Waals surface area contributed by atoms with Crippen LogP contribution in [0.3, 0.4) is 0 Å². The molecule has 0 saturated heterocycles. The van der Waals surface area contributed by atoms with Gasteiger partial charge in [0.2, 0.25) is 12.7 Å². The third-order valence-corrected chi connectivity index (χ3v) is 3.62. The second kappa shape index (κ2) is 3.90. The Kier molecular flexibility index (Phi) is 2.18. The van der Waals surface area contributed by atoms with Crippen LogP contribution in [0.25, 0.3) is 0 Å². The first-order chi connectivity index (χ1) is 9.74. The fraction of sp³-hybridized carbons (Fsp3) is 0.133. The van der Waals surface area contributed by atoms with E-state index in [9.17, 15) is 9.90 Å². The van der Waals surface area contributed by atoms with Gasteiger partial charge in [-0.3, -0.25) is 4.79 Å². The Morgan fingerprint density at radius 1 is 1.10 bits per heavy atom. The van der Waals surface area contributed by atoms with Crippen molar-refractivity contribution >= 4 is 11.6 Å². The minimum atomic E-state index is -0.527. The van der Waals surface area contributed by atoms with E-state index in [0.29, 0.717) is 17.1 Å². The van der Waals surface area contributed by atoms with E-state index in [-0.39, 0.29) is 18.4 Å². The highest BCUT2D eigenvalue weighted by molar-refractivity contribution is 6.05. The molecule has 2 N–H and O–H groups in total. The Morgan fingerprint density at radius 2 is 1.85 bits per heavy atom. The lowest BCUT2D eigenvalue weighted by Crippen LogP contribution is -2.13. The molecule has 2 aliphatic rings. The van der Waals surface area contributed by atoms with Gasteiger partial charge in [0.1, 0.15) is 5.75 Å². The van der Waals surface area contributed by atoms with Gasteiger partial charge in [0.15, 0.2) is 11.5 Å². The number of aromatic hydroxyl groups is 1. The van der Waals surface area contributed by atoms with Gasteiger partial charge in [0, 0.05) is 17.3 Å². The number of phenols is 1. The van der Waals surface area contributed by atoms with Gasteiger partial charge in [-0.2, -0.15) is 0 Å². The summed E-state index contributed by atoms with van der Waals surface area (Å²) in [5.74, 6) is 0.403. The number of anilines is 1. The number of para-hydroxylation sites is 1. The van der Waals surface area contributed by atoms with Crippen molar-refractivity contribution in [2.24, 2.45) is 0 Å². The van der Waals surface area contributed by atoms with Gasteiger partial charge in [-0.15, -0.1) is 0 Å². The van der Waals surface area contributed by atoms with Crippen LogP contribution in [0.15, 0.2) is 36.4 Å². The second-order valence-electron chi connectivity index (χ2n) is 4.77. The number of rotatable bonds is 1. The van der Waals surface area contributed by atoms with Crippen LogP contribution in [0.2, 0.25) is 0 Å². The first-order valence-corrected chi connectivity index (χ1v) is 6.26. The molecular formula is C15H11NO4. The quantitative estimate of drug-likeness (QED) is 0.832. The normalized spacial score (nSPS) is 18.8. The summed E-state index contributed by atoms with van der Waals surface area (Å²) in [6.45, 7) is 0.131. The predicted molar refractivity (Wildman–Crippen MR) is 71.1 cm³/mol. The number of nitrogens with one attached hydrogen (secondary N) is 1. The molecule has 2 aromatic carbocycles. The molecule has 1 atom stereocenters. The van der Waals surface area contributed by atoms with Crippen molar-refractivity contribution in [1.29, 1.82) is 0 Å². The molecule has 0 radical (unpaired) electrons. The van der Waals surface area contributed by atoms with E-state index in [1.165, 1.54) is 6.07 Å². The van der Waals surface area contributed by atoms with Crippen LogP contribution >= 0.6 is 0 Å². The molecule has 0 unspecified atom stereocenters. The van der Waals surface area contributed by atoms with Crippen LogP contribution in [-0.2, 0) is 4.79 Å². The van der Waals surface area contributed by atoms with Crippen molar-refractivity contribution in [3.8, 4) is 17.2 Å². The van der Waals surface area contributed by atoms with Crippen LogP contribution in [-0.4, -0.2) is 17.8 Å². The predicted octanol–water partition coefficient (Wildman–Crippen LogP) is 2.20. The van der Waals surface area contributed by atoms with Crippen molar-refractivity contribution in [1.82, 2.24) is 0 Å². The summed E-state index contributed by atoms with van der Waals surface area (Å²) in [5, 5.41) is 13.0. The molecule has 2 aromatic rings. The van der Waals surface area contributed by atoms with Gasteiger partial charge in [0.25, 0.3) is 0 Å². The summed E-state index contributed by atoms with van der Waals surface area (Å²) in [5.41, 5.74) is 2.16. The first-order valence-electron chi connectivity index (χ1n) is 6.26. The topological polar surface area (TPSA) is 67.8 Å². The molecule has 1 amide bonds. The fourth-order valence-corrected chi connectivity index (χ4v) is 2.70. The minimum absolute atomic E-state index is 0.0334. The molecule has 5 nitrogen and oxygen atoms in total. The number of carbonyl (C=O) groups is 1. The van der Waals surface area contributed by atoms with Gasteiger partial charge < -0.3 is 19.9 Å². The number of fused-ring (bicyclic) bond motifs is 2. The molecule has 100 valence electrons. The van der Waals surface area contributed by atoms with E-state index >= 15 is 0 Å². The maximum atomic E-state index is 12.2. The van der Waals surface area contributed by atoms with Crippen LogP contribution in [0, 0.1) is 0 Å². The Hall–Kier alpha value is -2.69. The number of benzene rings is 2. The second-order valence-corrected chi connectivity index (χ2v) is 4.77. The zero-order valence-electron chi connectivity index (χ0n) is 10.4. The maximum absolute atomic E-state index is 12.2. The summed E-state index contributed by atoms with van der Waals surface area (Å²) >= 11 is 0. The molecular weight excluding hydrogens is 258 g/mol. The number of amides is 1. The Bertz CT molecular complexity index is 726. The fourth-order valence-electron chi connectivity index (χ4n) is 2.70. The van der Waals surface area contributed by atoms with E-state index in [0.717, 1.165) is 11.3 Å². The van der Waals surface area contributed by atoms with E-state index in [1.54, 1.807) is 6.07 Å². The summed E-state index contributed by atoms with van der Waals surface area (Å²) in [4.78, 5) is 12.2. The van der Waals surface area contributed by atoms with Crippen LogP contribution in [0.1, 0.15) is 17.0 Å². The third-order valence-electron chi connectivity index (χ3n) is 3.62. The third kappa shape index (κ3) is 1.46. The highest BCUT2D eigenvalue weighted by Gasteiger charge is 2.34. The van der Waals surface area contributed by atoms with Gasteiger partial charge in [0.05, 0.1) is 5.92 Å². The molecule has 2 aliphatic heterocycles. The smallest absolute Gasteiger partial charge is 0.236 e. The lowest BCUT2D eigenvalue weighted by Gasteiger charge is -2.12. The van der Waals surface area contributed by atoms with Crippen molar-refractivity contribution < 1.29 is 19.4 Å². The number of hydrogen-bond acceptors (Lipinski definition) is 4. The molecule has 0 aromatic heterocycles. The van der Waals surface area contributed by atoms with Crippen LogP contribution in [0.4, 0.5) is 5.69 Å². The zero-order chi connectivity index (χ0) is 13.7. The maximum Gasteiger partial charge on any atom is 0.236 e. The van der Waals surface area contributed by atoms with Crippen molar-refractivity contribution in [3.63, 3.8) is 0 Å². The summed E-state index contributed by atoms with van der Waals surface area (Å²) < 4.78 is 10.5. The largest absolute Gasteiger partial charge is 0.507 e. The SMILES string of the molecule is O=C1Nc2ccccc2[C@H]1c1cc2c(cc1O)OCO2. The molecule has 0 bridgehead atoms. The average molecular weight is 269 g/mol. The highest BCUT2D eigenvalue weighted by Crippen LogP contribution is 2.45. The Morgan fingerprint density at radius 3 is 2.70 bits per heavy atom. The van der Waals surface area contributed by atoms with Crippen LogP contribution in [0.5, 0.6) is 17.2 Å². The lowest BCUT2D eigenvalue weighted by molar-refractivity contribution is -0.116. The standard InChI is InChI=1S/C15H11NO4/c17-11-6-13-12(19-7-20-13)5-9(11)14-8-3-1-2-4-10(8)16-15(14)18/h1-6,14,17H,7H2,(H,16,18)/t14-/m0/s1. The monoisotopic (exact) mass is 269 g/mol. The molecule has 0 fully saturated rings. The number of carbonyl (C=O) groups excluding carboxylic acids is 1. The molecule has 0 spiro atoms. The van der Waals surface area contributed by atoms with Gasteiger partial charge in [-0.1, -0.05) is 18.2 Å². The molecule has 4 rings (SSSR count). The number of hydrogen-bond donors (Lipinski definition) is 2. The molecule has 20 heavy (non-hydrogen) atoms. The average Bonchev–Trinajstić information content (AvgIpc) is 3.00. The van der Waals surface area contributed by atoms with Crippen molar-refractivity contribution in [2.45, 2.75) is 5.92 Å². The van der Waals surface area contributed by atoms with E-state index < -0.39 is 5.92 Å². The highest BCUT2D eigenvalue weighted by atomic mass is 16.7. The molecule has 2 heterocycles. The molecule has 0 aliphatic carbocycles. The van der Waals surface area contributed by atoms with Gasteiger partial charge in [-0.05, 0) is 17.7 Å². The summed E-state index contributed by atoms with van der Waals surface area (Å²) in [6.07, 6.45) is 0. The van der Waals surface area contributed by atoms with E-state index in [1.807, 2.05) is 24.3 Å². The van der Waals surface area contributed by atoms with E-state index in [2.05, 4.69) is 5.32 Å². The minimum Gasteiger partial charge on any atom is -0.507 e. The Labute approximate surface area is 114 Å². The first kappa shape index (κ1) is 11.2.